The Labute approximate surface area is 308 Å². The van der Waals surface area contributed by atoms with Crippen molar-refractivity contribution in [3.8, 4) is 0 Å². The zero-order valence-corrected chi connectivity index (χ0v) is 30.1. The molecule has 0 fully saturated rings. The highest BCUT2D eigenvalue weighted by Crippen LogP contribution is 2.25. The van der Waals surface area contributed by atoms with Crippen molar-refractivity contribution in [3.63, 3.8) is 0 Å². The standard InChI is InChI=1S/C36H37ClIN7O5/c1-21(46)42-30(17-28-18-40-20-41-28)34(48)44-31(15-22-6-10-26(37)11-7-22)36(50)45-19-25-5-3-2-4-24(25)16-32(45)35(49)43-29(33(39)47)14-23-8-12-27(38)13-9-23/h2-13,18,20,29-32H,14-17,19H2,1H3,(H2,39,47)(H,40,41)(H,42,46)(H,43,49)(H,44,48)/t29-,30-,31+,32?/m0/s1. The Hall–Kier alpha value is -4.76. The van der Waals surface area contributed by atoms with Gasteiger partial charge in [-0.3, -0.25) is 24.0 Å². The zero-order valence-electron chi connectivity index (χ0n) is 27.2. The zero-order chi connectivity index (χ0) is 35.8. The van der Waals surface area contributed by atoms with Gasteiger partial charge in [0.1, 0.15) is 24.2 Å². The van der Waals surface area contributed by atoms with Gasteiger partial charge in [-0.05, 0) is 69.1 Å². The molecule has 0 saturated heterocycles. The number of carbonyl (C=O) groups is 5. The fourth-order valence-corrected chi connectivity index (χ4v) is 6.42. The first-order chi connectivity index (χ1) is 24.0. The minimum absolute atomic E-state index is 0.0712. The largest absolute Gasteiger partial charge is 0.368 e. The minimum atomic E-state index is -1.14. The average Bonchev–Trinajstić information content (AvgIpc) is 3.61. The lowest BCUT2D eigenvalue weighted by Crippen LogP contribution is -2.61. The summed E-state index contributed by atoms with van der Waals surface area (Å²) in [5, 5.41) is 8.82. The third-order valence-corrected chi connectivity index (χ3v) is 9.46. The third kappa shape index (κ3) is 9.69. The Bertz CT molecular complexity index is 1840. The lowest BCUT2D eigenvalue weighted by molar-refractivity contribution is -0.145. The summed E-state index contributed by atoms with van der Waals surface area (Å²) in [4.78, 5) is 75.5. The van der Waals surface area contributed by atoms with Crippen LogP contribution in [-0.2, 0) is 56.2 Å². The van der Waals surface area contributed by atoms with E-state index < -0.39 is 53.7 Å². The molecule has 1 aromatic heterocycles. The van der Waals surface area contributed by atoms with Crippen molar-refractivity contribution in [2.45, 2.75) is 63.3 Å². The van der Waals surface area contributed by atoms with Crippen molar-refractivity contribution >= 4 is 63.7 Å². The summed E-state index contributed by atoms with van der Waals surface area (Å²) >= 11 is 8.31. The van der Waals surface area contributed by atoms with Crippen molar-refractivity contribution in [3.05, 3.63) is 122 Å². The molecule has 5 amide bonds. The number of rotatable bonds is 13. The monoisotopic (exact) mass is 809 g/mol. The van der Waals surface area contributed by atoms with Crippen molar-refractivity contribution in [2.75, 3.05) is 0 Å². The number of aromatic nitrogens is 2. The van der Waals surface area contributed by atoms with E-state index in [1.807, 2.05) is 48.5 Å². The molecule has 0 aliphatic carbocycles. The number of halogens is 2. The van der Waals surface area contributed by atoms with Crippen molar-refractivity contribution in [1.29, 1.82) is 0 Å². The number of H-pyrrole nitrogens is 1. The predicted molar refractivity (Wildman–Crippen MR) is 195 cm³/mol. The SMILES string of the molecule is CC(=O)N[C@@H](Cc1cnc[nH]1)C(=O)N[C@H](Cc1ccc(Cl)cc1)C(=O)N1Cc2ccccc2CC1C(=O)N[C@@H](Cc1ccc(I)cc1)C(N)=O. The van der Waals surface area contributed by atoms with E-state index in [9.17, 15) is 24.0 Å². The Morgan fingerprint density at radius 1 is 0.880 bits per heavy atom. The molecule has 0 bridgehead atoms. The molecule has 0 spiro atoms. The maximum atomic E-state index is 14.6. The van der Waals surface area contributed by atoms with Crippen molar-refractivity contribution in [1.82, 2.24) is 30.8 Å². The molecule has 3 aromatic carbocycles. The van der Waals surface area contributed by atoms with E-state index in [-0.39, 0.29) is 32.2 Å². The van der Waals surface area contributed by atoms with Crippen LogP contribution in [0.2, 0.25) is 5.02 Å². The van der Waals surface area contributed by atoms with E-state index in [2.05, 4.69) is 48.5 Å². The normalized spacial score (nSPS) is 15.6. The Kier molecular flexibility index (Phi) is 12.2. The topological polar surface area (TPSA) is 179 Å². The van der Waals surface area contributed by atoms with Crippen LogP contribution in [0.4, 0.5) is 0 Å². The number of benzene rings is 3. The van der Waals surface area contributed by atoms with Gasteiger partial charge in [-0.15, -0.1) is 0 Å². The number of imidazole rings is 1. The van der Waals surface area contributed by atoms with Crippen molar-refractivity contribution < 1.29 is 24.0 Å². The molecule has 0 radical (unpaired) electrons. The highest BCUT2D eigenvalue weighted by Gasteiger charge is 2.39. The first-order valence-corrected chi connectivity index (χ1v) is 17.4. The summed E-state index contributed by atoms with van der Waals surface area (Å²) in [6.45, 7) is 1.39. The molecule has 1 unspecified atom stereocenters. The molecule has 5 rings (SSSR count). The molecule has 50 heavy (non-hydrogen) atoms. The van der Waals surface area contributed by atoms with Crippen LogP contribution in [0.5, 0.6) is 0 Å². The first kappa shape index (κ1) is 36.5. The molecule has 12 nitrogen and oxygen atoms in total. The smallest absolute Gasteiger partial charge is 0.246 e. The summed E-state index contributed by atoms with van der Waals surface area (Å²) in [6, 6.07) is 17.7. The van der Waals surface area contributed by atoms with Gasteiger partial charge >= 0.3 is 0 Å². The highest BCUT2D eigenvalue weighted by atomic mass is 127. The molecular formula is C36H37ClIN7O5. The second kappa shape index (κ2) is 16.8. The number of primary amides is 1. The molecule has 4 aromatic rings. The fraction of sp³-hybridized carbons (Fsp3) is 0.278. The average molecular weight is 810 g/mol. The first-order valence-electron chi connectivity index (χ1n) is 16.0. The summed E-state index contributed by atoms with van der Waals surface area (Å²) in [7, 11) is 0. The van der Waals surface area contributed by atoms with E-state index in [1.54, 1.807) is 30.5 Å². The van der Waals surface area contributed by atoms with Crippen LogP contribution in [-0.4, -0.2) is 68.6 Å². The Balaban J connectivity index is 1.44. The van der Waals surface area contributed by atoms with Crippen LogP contribution in [0.1, 0.15) is 34.9 Å². The number of hydrogen-bond donors (Lipinski definition) is 5. The summed E-state index contributed by atoms with van der Waals surface area (Å²) in [5.74, 6) is -2.79. The van der Waals surface area contributed by atoms with Crippen molar-refractivity contribution in [2.24, 2.45) is 5.73 Å². The van der Waals surface area contributed by atoms with Gasteiger partial charge < -0.3 is 31.6 Å². The molecule has 0 saturated carbocycles. The maximum absolute atomic E-state index is 14.6. The summed E-state index contributed by atoms with van der Waals surface area (Å²) < 4.78 is 1.02. The molecule has 4 atom stereocenters. The van der Waals surface area contributed by atoms with Gasteiger partial charge in [0.05, 0.1) is 6.33 Å². The van der Waals surface area contributed by atoms with Gasteiger partial charge in [0.2, 0.25) is 29.5 Å². The molecule has 1 aliphatic rings. The van der Waals surface area contributed by atoms with Crippen LogP contribution in [0, 0.1) is 3.57 Å². The van der Waals surface area contributed by atoms with Gasteiger partial charge in [0.25, 0.3) is 0 Å². The lowest BCUT2D eigenvalue weighted by Gasteiger charge is -2.38. The van der Waals surface area contributed by atoms with Gasteiger partial charge in [-0.25, -0.2) is 4.98 Å². The number of fused-ring (bicyclic) bond motifs is 1. The van der Waals surface area contributed by atoms with E-state index >= 15 is 0 Å². The van der Waals surface area contributed by atoms with Gasteiger partial charge in [-0.1, -0.05) is 60.1 Å². The number of amides is 5. The summed E-state index contributed by atoms with van der Waals surface area (Å²) in [5.41, 5.74) is 9.61. The number of nitrogens with two attached hydrogens (primary N) is 1. The van der Waals surface area contributed by atoms with Gasteiger partial charge in [0.15, 0.2) is 0 Å². The quantitative estimate of drug-likeness (QED) is 0.130. The summed E-state index contributed by atoms with van der Waals surface area (Å²) in [6.07, 6.45) is 3.54. The number of hydrogen-bond acceptors (Lipinski definition) is 6. The second-order valence-electron chi connectivity index (χ2n) is 12.2. The number of aromatic amines is 1. The molecule has 6 N–H and O–H groups in total. The molecule has 260 valence electrons. The number of nitrogens with zero attached hydrogens (tertiary/aromatic N) is 2. The molecule has 14 heteroatoms. The Morgan fingerprint density at radius 3 is 2.14 bits per heavy atom. The highest BCUT2D eigenvalue weighted by molar-refractivity contribution is 14.1. The van der Waals surface area contributed by atoms with Crippen LogP contribution >= 0.6 is 34.2 Å². The lowest BCUT2D eigenvalue weighted by atomic mass is 9.91. The maximum Gasteiger partial charge on any atom is 0.246 e. The van der Waals surface area contributed by atoms with Gasteiger partial charge in [0, 0.05) is 59.6 Å². The molecule has 2 heterocycles. The number of nitrogens with one attached hydrogen (secondary N) is 4. The van der Waals surface area contributed by atoms with Crippen LogP contribution in [0.3, 0.4) is 0 Å². The van der Waals surface area contributed by atoms with Crippen LogP contribution in [0.15, 0.2) is 85.3 Å². The van der Waals surface area contributed by atoms with Gasteiger partial charge in [-0.2, -0.15) is 0 Å². The van der Waals surface area contributed by atoms with E-state index in [0.717, 1.165) is 20.3 Å². The van der Waals surface area contributed by atoms with Crippen LogP contribution < -0.4 is 21.7 Å². The van der Waals surface area contributed by atoms with E-state index in [0.29, 0.717) is 16.3 Å². The molecule has 1 aliphatic heterocycles. The van der Waals surface area contributed by atoms with Crippen LogP contribution in [0.25, 0.3) is 0 Å². The minimum Gasteiger partial charge on any atom is -0.368 e. The number of carbonyl (C=O) groups excluding carboxylic acids is 5. The van der Waals surface area contributed by atoms with E-state index in [1.165, 1.54) is 18.2 Å². The second-order valence-corrected chi connectivity index (χ2v) is 13.9. The predicted octanol–water partition coefficient (Wildman–Crippen LogP) is 2.61. The fourth-order valence-electron chi connectivity index (χ4n) is 5.94. The Morgan fingerprint density at radius 2 is 1.52 bits per heavy atom. The molecular weight excluding hydrogens is 773 g/mol. The third-order valence-electron chi connectivity index (χ3n) is 8.49. The van der Waals surface area contributed by atoms with E-state index in [4.69, 9.17) is 17.3 Å².